The van der Waals surface area contributed by atoms with Crippen molar-refractivity contribution in [2.24, 2.45) is 0 Å². The van der Waals surface area contributed by atoms with Crippen LogP contribution in [0.25, 0.3) is 0 Å². The topological polar surface area (TPSA) is 76.7 Å². The highest BCUT2D eigenvalue weighted by Crippen LogP contribution is 2.26. The van der Waals surface area contributed by atoms with Gasteiger partial charge in [-0.3, -0.25) is 10.1 Å². The maximum absolute atomic E-state index is 14.0. The molecule has 0 unspecified atom stereocenters. The van der Waals surface area contributed by atoms with Crippen molar-refractivity contribution in [1.29, 1.82) is 0 Å². The first kappa shape index (κ1) is 22.7. The fourth-order valence-corrected chi connectivity index (χ4v) is 3.05. The monoisotopic (exact) mass is 466 g/mol. The van der Waals surface area contributed by atoms with Gasteiger partial charge in [0.2, 0.25) is 5.91 Å². The summed E-state index contributed by atoms with van der Waals surface area (Å²) in [6.45, 7) is 5.13. The Balaban J connectivity index is 1.96. The minimum absolute atomic E-state index is 0.0730. The molecule has 8 heteroatoms. The van der Waals surface area contributed by atoms with Gasteiger partial charge in [-0.1, -0.05) is 6.07 Å². The molecule has 6 nitrogen and oxygen atoms in total. The molecule has 0 aliphatic heterocycles. The van der Waals surface area contributed by atoms with Crippen LogP contribution < -0.4 is 15.4 Å². The van der Waals surface area contributed by atoms with Crippen LogP contribution >= 0.6 is 15.9 Å². The standard InChI is InChI=1S/C21H24BrFN2O4/c1-21(2,3)29-20(27)25-17-12-14(7-8-16(17)23)24-19(26)10-6-13-5-9-18(28-4)15(22)11-13/h5,7-9,11-12H,6,10H2,1-4H3,(H,24,26)(H,25,27). The molecule has 2 N–H and O–H groups in total. The van der Waals surface area contributed by atoms with Crippen LogP contribution in [-0.2, 0) is 16.0 Å². The summed E-state index contributed by atoms with van der Waals surface area (Å²) in [5, 5.41) is 5.06. The van der Waals surface area contributed by atoms with Crippen LogP contribution in [0.15, 0.2) is 40.9 Å². The summed E-state index contributed by atoms with van der Waals surface area (Å²) in [6.07, 6.45) is -0.00571. The van der Waals surface area contributed by atoms with E-state index in [1.165, 1.54) is 18.2 Å². The van der Waals surface area contributed by atoms with Crippen molar-refractivity contribution in [3.63, 3.8) is 0 Å². The van der Waals surface area contributed by atoms with Crippen molar-refractivity contribution in [1.82, 2.24) is 0 Å². The van der Waals surface area contributed by atoms with Gasteiger partial charge in [0.15, 0.2) is 0 Å². The van der Waals surface area contributed by atoms with E-state index in [9.17, 15) is 14.0 Å². The van der Waals surface area contributed by atoms with Gasteiger partial charge < -0.3 is 14.8 Å². The normalized spacial score (nSPS) is 11.0. The highest BCUT2D eigenvalue weighted by Gasteiger charge is 2.18. The molecule has 0 spiro atoms. The molecule has 156 valence electrons. The van der Waals surface area contributed by atoms with Crippen molar-refractivity contribution in [3.8, 4) is 5.75 Å². The van der Waals surface area contributed by atoms with E-state index in [0.717, 1.165) is 15.8 Å². The summed E-state index contributed by atoms with van der Waals surface area (Å²) in [4.78, 5) is 24.1. The minimum Gasteiger partial charge on any atom is -0.496 e. The number of anilines is 2. The number of methoxy groups -OCH3 is 1. The minimum atomic E-state index is -0.773. The zero-order valence-electron chi connectivity index (χ0n) is 16.8. The average molecular weight is 467 g/mol. The molecule has 0 radical (unpaired) electrons. The lowest BCUT2D eigenvalue weighted by Gasteiger charge is -2.20. The Labute approximate surface area is 177 Å². The van der Waals surface area contributed by atoms with Gasteiger partial charge in [0, 0.05) is 12.1 Å². The lowest BCUT2D eigenvalue weighted by Crippen LogP contribution is -2.27. The van der Waals surface area contributed by atoms with E-state index in [1.54, 1.807) is 27.9 Å². The van der Waals surface area contributed by atoms with E-state index >= 15 is 0 Å². The lowest BCUT2D eigenvalue weighted by atomic mass is 10.1. The van der Waals surface area contributed by atoms with Crippen molar-refractivity contribution in [2.75, 3.05) is 17.7 Å². The Morgan fingerprint density at radius 1 is 1.10 bits per heavy atom. The zero-order chi connectivity index (χ0) is 21.6. The molecular weight excluding hydrogens is 443 g/mol. The van der Waals surface area contributed by atoms with Crippen LogP contribution in [0.3, 0.4) is 0 Å². The van der Waals surface area contributed by atoms with E-state index in [1.807, 2.05) is 18.2 Å². The summed E-state index contributed by atoms with van der Waals surface area (Å²) in [5.41, 5.74) is 0.566. The van der Waals surface area contributed by atoms with Gasteiger partial charge in [-0.05, 0) is 79.0 Å². The van der Waals surface area contributed by atoms with E-state index < -0.39 is 17.5 Å². The molecule has 29 heavy (non-hydrogen) atoms. The second kappa shape index (κ2) is 9.73. The number of carbonyl (C=O) groups excluding carboxylic acids is 2. The molecule has 2 aromatic rings. The number of nitrogens with one attached hydrogen (secondary N) is 2. The third kappa shape index (κ3) is 7.38. The summed E-state index contributed by atoms with van der Waals surface area (Å²) in [5.74, 6) is -0.141. The van der Waals surface area contributed by atoms with Crippen molar-refractivity contribution < 1.29 is 23.5 Å². The van der Waals surface area contributed by atoms with Gasteiger partial charge in [-0.15, -0.1) is 0 Å². The molecule has 0 aliphatic rings. The number of halogens is 2. The molecule has 0 fully saturated rings. The molecule has 0 heterocycles. The largest absolute Gasteiger partial charge is 0.496 e. The number of aryl methyl sites for hydroxylation is 1. The molecule has 0 saturated carbocycles. The Morgan fingerprint density at radius 3 is 2.45 bits per heavy atom. The number of carbonyl (C=O) groups is 2. The number of benzene rings is 2. The first-order valence-corrected chi connectivity index (χ1v) is 9.78. The number of hydrogen-bond acceptors (Lipinski definition) is 4. The summed E-state index contributed by atoms with van der Waals surface area (Å²) >= 11 is 3.41. The highest BCUT2D eigenvalue weighted by molar-refractivity contribution is 9.10. The number of hydrogen-bond donors (Lipinski definition) is 2. The predicted octanol–water partition coefficient (Wildman–Crippen LogP) is 5.52. The molecular formula is C21H24BrFN2O4. The third-order valence-corrected chi connectivity index (χ3v) is 4.36. The Bertz CT molecular complexity index is 897. The number of ether oxygens (including phenoxy) is 2. The number of rotatable bonds is 6. The van der Waals surface area contributed by atoms with Gasteiger partial charge in [-0.25, -0.2) is 9.18 Å². The van der Waals surface area contributed by atoms with E-state index in [2.05, 4.69) is 26.6 Å². The van der Waals surface area contributed by atoms with Gasteiger partial charge >= 0.3 is 6.09 Å². The quantitative estimate of drug-likeness (QED) is 0.587. The third-order valence-electron chi connectivity index (χ3n) is 3.74. The maximum Gasteiger partial charge on any atom is 0.412 e. The molecule has 0 aromatic heterocycles. The van der Waals surface area contributed by atoms with Crippen molar-refractivity contribution >= 4 is 39.3 Å². The first-order chi connectivity index (χ1) is 13.6. The van der Waals surface area contributed by atoms with Gasteiger partial charge in [0.25, 0.3) is 0 Å². The molecule has 2 aromatic carbocycles. The molecule has 0 saturated heterocycles. The Kier molecular flexibility index (Phi) is 7.61. The molecule has 2 amide bonds. The van der Waals surface area contributed by atoms with E-state index in [0.29, 0.717) is 12.1 Å². The second-order valence-corrected chi connectivity index (χ2v) is 8.19. The SMILES string of the molecule is COc1ccc(CCC(=O)Nc2ccc(F)c(NC(=O)OC(C)(C)C)c2)cc1Br. The van der Waals surface area contributed by atoms with Crippen LogP contribution in [0.4, 0.5) is 20.6 Å². The zero-order valence-corrected chi connectivity index (χ0v) is 18.4. The summed E-state index contributed by atoms with van der Waals surface area (Å²) in [7, 11) is 1.59. The maximum atomic E-state index is 14.0. The summed E-state index contributed by atoms with van der Waals surface area (Å²) in [6, 6.07) is 9.55. The molecule has 2 rings (SSSR count). The summed E-state index contributed by atoms with van der Waals surface area (Å²) < 4.78 is 25.1. The van der Waals surface area contributed by atoms with Crippen LogP contribution in [0.2, 0.25) is 0 Å². The first-order valence-electron chi connectivity index (χ1n) is 8.99. The highest BCUT2D eigenvalue weighted by atomic mass is 79.9. The van der Waals surface area contributed by atoms with E-state index in [-0.39, 0.29) is 18.0 Å². The lowest BCUT2D eigenvalue weighted by molar-refractivity contribution is -0.116. The number of amides is 2. The van der Waals surface area contributed by atoms with Gasteiger partial charge in [0.1, 0.15) is 17.2 Å². The van der Waals surface area contributed by atoms with Gasteiger partial charge in [0.05, 0.1) is 17.3 Å². The average Bonchev–Trinajstić information content (AvgIpc) is 2.61. The van der Waals surface area contributed by atoms with Crippen LogP contribution in [-0.4, -0.2) is 24.7 Å². The smallest absolute Gasteiger partial charge is 0.412 e. The van der Waals surface area contributed by atoms with Crippen LogP contribution in [0, 0.1) is 5.82 Å². The fourth-order valence-electron chi connectivity index (χ4n) is 2.46. The Hall–Kier alpha value is -2.61. The predicted molar refractivity (Wildman–Crippen MR) is 114 cm³/mol. The van der Waals surface area contributed by atoms with E-state index in [4.69, 9.17) is 9.47 Å². The van der Waals surface area contributed by atoms with Crippen LogP contribution in [0.1, 0.15) is 32.8 Å². The molecule has 0 aliphatic carbocycles. The fraction of sp³-hybridized carbons (Fsp3) is 0.333. The molecule has 0 bridgehead atoms. The Morgan fingerprint density at radius 2 is 1.83 bits per heavy atom. The molecule has 0 atom stereocenters. The van der Waals surface area contributed by atoms with Crippen molar-refractivity contribution in [3.05, 3.63) is 52.3 Å². The second-order valence-electron chi connectivity index (χ2n) is 7.34. The van der Waals surface area contributed by atoms with Crippen LogP contribution in [0.5, 0.6) is 5.75 Å². The van der Waals surface area contributed by atoms with Gasteiger partial charge in [-0.2, -0.15) is 0 Å². The van der Waals surface area contributed by atoms with Crippen molar-refractivity contribution in [2.45, 2.75) is 39.2 Å².